The maximum Gasteiger partial charge on any atom is 0.257 e. The van der Waals surface area contributed by atoms with Crippen LogP contribution in [0.4, 0.5) is 5.13 Å². The van der Waals surface area contributed by atoms with E-state index >= 15 is 0 Å². The lowest BCUT2D eigenvalue weighted by atomic mass is 10.00. The van der Waals surface area contributed by atoms with Gasteiger partial charge in [0.25, 0.3) is 5.91 Å². The first-order chi connectivity index (χ1) is 10.7. The number of anilines is 1. The van der Waals surface area contributed by atoms with Crippen LogP contribution >= 0.6 is 11.3 Å². The molecule has 6 heteroatoms. The van der Waals surface area contributed by atoms with Crippen LogP contribution in [0.3, 0.4) is 0 Å². The number of aromatic nitrogens is 1. The Morgan fingerprint density at radius 3 is 2.86 bits per heavy atom. The van der Waals surface area contributed by atoms with Crippen LogP contribution < -0.4 is 5.32 Å². The van der Waals surface area contributed by atoms with Gasteiger partial charge in [0, 0.05) is 22.7 Å². The van der Waals surface area contributed by atoms with Crippen molar-refractivity contribution in [3.8, 4) is 11.3 Å². The summed E-state index contributed by atoms with van der Waals surface area (Å²) in [5.41, 5.74) is 2.10. The summed E-state index contributed by atoms with van der Waals surface area (Å²) >= 11 is 1.36. The molecule has 22 heavy (non-hydrogen) atoms. The van der Waals surface area contributed by atoms with Crippen LogP contribution in [0.5, 0.6) is 0 Å². The maximum absolute atomic E-state index is 12.3. The average molecular weight is 312 g/mol. The number of furan rings is 1. The molecule has 0 unspecified atom stereocenters. The Labute approximate surface area is 130 Å². The molecule has 0 saturated carbocycles. The zero-order chi connectivity index (χ0) is 15.5. The van der Waals surface area contributed by atoms with Gasteiger partial charge in [-0.25, -0.2) is 4.98 Å². The van der Waals surface area contributed by atoms with Crippen molar-refractivity contribution in [1.82, 2.24) is 4.98 Å². The van der Waals surface area contributed by atoms with Gasteiger partial charge in [0.1, 0.15) is 5.76 Å². The second kappa shape index (κ2) is 5.95. The molecule has 1 amide bonds. The molecule has 0 saturated heterocycles. The highest BCUT2D eigenvalue weighted by Gasteiger charge is 2.15. The fourth-order valence-electron chi connectivity index (χ4n) is 2.16. The molecule has 2 heterocycles. The fourth-order valence-corrected chi connectivity index (χ4v) is 2.68. The first-order valence-corrected chi connectivity index (χ1v) is 7.43. The number of hydrogen-bond donors (Lipinski definition) is 1. The lowest BCUT2D eigenvalue weighted by Crippen LogP contribution is -2.13. The second-order valence-electron chi connectivity index (χ2n) is 4.59. The van der Waals surface area contributed by atoms with E-state index in [0.717, 1.165) is 11.1 Å². The van der Waals surface area contributed by atoms with Gasteiger partial charge in [0.15, 0.2) is 17.2 Å². The largest absolute Gasteiger partial charge is 0.453 e. The predicted octanol–water partition coefficient (Wildman–Crippen LogP) is 3.78. The SMILES string of the molecule is Cc1c(C(=O)Nc2nccs2)cccc1-c1ccc(C=O)o1. The number of nitrogens with one attached hydrogen (secondary N) is 1. The Morgan fingerprint density at radius 2 is 2.18 bits per heavy atom. The van der Waals surface area contributed by atoms with Crippen molar-refractivity contribution < 1.29 is 14.0 Å². The van der Waals surface area contributed by atoms with Crippen molar-refractivity contribution in [3.63, 3.8) is 0 Å². The molecule has 1 aromatic carbocycles. The summed E-state index contributed by atoms with van der Waals surface area (Å²) in [6.07, 6.45) is 2.28. The fraction of sp³-hybridized carbons (Fsp3) is 0.0625. The number of rotatable bonds is 4. The highest BCUT2D eigenvalue weighted by atomic mass is 32.1. The van der Waals surface area contributed by atoms with E-state index in [2.05, 4.69) is 10.3 Å². The van der Waals surface area contributed by atoms with E-state index in [9.17, 15) is 9.59 Å². The van der Waals surface area contributed by atoms with E-state index in [1.165, 1.54) is 11.3 Å². The van der Waals surface area contributed by atoms with E-state index in [0.29, 0.717) is 22.7 Å². The summed E-state index contributed by atoms with van der Waals surface area (Å²) < 4.78 is 5.43. The molecule has 0 radical (unpaired) electrons. The molecule has 1 N–H and O–H groups in total. The molecule has 0 aliphatic carbocycles. The van der Waals surface area contributed by atoms with Gasteiger partial charge in [-0.2, -0.15) is 0 Å². The van der Waals surface area contributed by atoms with Crippen LogP contribution in [0.25, 0.3) is 11.3 Å². The number of amides is 1. The van der Waals surface area contributed by atoms with Gasteiger partial charge >= 0.3 is 0 Å². The van der Waals surface area contributed by atoms with E-state index in [4.69, 9.17) is 4.42 Å². The average Bonchev–Trinajstić information content (AvgIpc) is 3.18. The van der Waals surface area contributed by atoms with Gasteiger partial charge in [-0.05, 0) is 30.7 Å². The Balaban J connectivity index is 1.94. The summed E-state index contributed by atoms with van der Waals surface area (Å²) in [6, 6.07) is 8.69. The number of benzene rings is 1. The van der Waals surface area contributed by atoms with Crippen molar-refractivity contribution in [2.45, 2.75) is 6.92 Å². The third-order valence-electron chi connectivity index (χ3n) is 3.24. The second-order valence-corrected chi connectivity index (χ2v) is 5.48. The summed E-state index contributed by atoms with van der Waals surface area (Å²) in [5.74, 6) is 0.590. The number of carbonyl (C=O) groups is 2. The highest BCUT2D eigenvalue weighted by Crippen LogP contribution is 2.27. The molecule has 5 nitrogen and oxygen atoms in total. The van der Waals surface area contributed by atoms with E-state index in [1.54, 1.807) is 35.8 Å². The first kappa shape index (κ1) is 14.2. The van der Waals surface area contributed by atoms with Crippen molar-refractivity contribution in [2.24, 2.45) is 0 Å². The minimum Gasteiger partial charge on any atom is -0.453 e. The van der Waals surface area contributed by atoms with Crippen molar-refractivity contribution in [1.29, 1.82) is 0 Å². The monoisotopic (exact) mass is 312 g/mol. The van der Waals surface area contributed by atoms with Crippen molar-refractivity contribution in [3.05, 3.63) is 58.8 Å². The van der Waals surface area contributed by atoms with E-state index in [-0.39, 0.29) is 11.7 Å². The van der Waals surface area contributed by atoms with Crippen LogP contribution in [0.15, 0.2) is 46.3 Å². The zero-order valence-corrected chi connectivity index (χ0v) is 12.5. The topological polar surface area (TPSA) is 72.2 Å². The van der Waals surface area contributed by atoms with Crippen LogP contribution in [0, 0.1) is 6.92 Å². The van der Waals surface area contributed by atoms with Gasteiger partial charge in [-0.15, -0.1) is 11.3 Å². The van der Waals surface area contributed by atoms with Crippen LogP contribution in [-0.4, -0.2) is 17.2 Å². The molecule has 2 aromatic heterocycles. The lowest BCUT2D eigenvalue weighted by Gasteiger charge is -2.09. The summed E-state index contributed by atoms with van der Waals surface area (Å²) in [5, 5.41) is 5.10. The highest BCUT2D eigenvalue weighted by molar-refractivity contribution is 7.13. The molecule has 3 rings (SSSR count). The normalized spacial score (nSPS) is 10.4. The summed E-state index contributed by atoms with van der Waals surface area (Å²) in [4.78, 5) is 27.1. The molecule has 0 spiro atoms. The van der Waals surface area contributed by atoms with Gasteiger partial charge in [0.05, 0.1) is 0 Å². The molecule has 3 aromatic rings. The smallest absolute Gasteiger partial charge is 0.257 e. The molecule has 0 aliphatic rings. The third-order valence-corrected chi connectivity index (χ3v) is 3.93. The Kier molecular flexibility index (Phi) is 3.84. The minimum absolute atomic E-state index is 0.225. The van der Waals surface area contributed by atoms with Gasteiger partial charge in [-0.3, -0.25) is 14.9 Å². The quantitative estimate of drug-likeness (QED) is 0.744. The standard InChI is InChI=1S/C16H12N2O3S/c1-10-12(14-6-5-11(9-19)21-14)3-2-4-13(10)15(20)18-16-17-7-8-22-16/h2-9H,1H3,(H,17,18,20). The summed E-state index contributed by atoms with van der Waals surface area (Å²) in [7, 11) is 0. The number of carbonyl (C=O) groups excluding carboxylic acids is 2. The van der Waals surface area contributed by atoms with Crippen LogP contribution in [-0.2, 0) is 0 Å². The van der Waals surface area contributed by atoms with Gasteiger partial charge in [0.2, 0.25) is 0 Å². The van der Waals surface area contributed by atoms with Crippen molar-refractivity contribution in [2.75, 3.05) is 5.32 Å². The Bertz CT molecular complexity index is 822. The third kappa shape index (κ3) is 2.68. The molecule has 0 atom stereocenters. The van der Waals surface area contributed by atoms with Gasteiger partial charge < -0.3 is 4.42 Å². The Morgan fingerprint density at radius 1 is 1.32 bits per heavy atom. The van der Waals surface area contributed by atoms with E-state index in [1.807, 2.05) is 13.0 Å². The molecular weight excluding hydrogens is 300 g/mol. The zero-order valence-electron chi connectivity index (χ0n) is 11.7. The lowest BCUT2D eigenvalue weighted by molar-refractivity contribution is 0.102. The number of thiazole rings is 1. The first-order valence-electron chi connectivity index (χ1n) is 6.55. The Hall–Kier alpha value is -2.73. The molecule has 0 aliphatic heterocycles. The molecular formula is C16H12N2O3S. The predicted molar refractivity (Wildman–Crippen MR) is 84.3 cm³/mol. The van der Waals surface area contributed by atoms with Crippen molar-refractivity contribution >= 4 is 28.7 Å². The molecule has 0 bridgehead atoms. The molecule has 110 valence electrons. The van der Waals surface area contributed by atoms with E-state index < -0.39 is 0 Å². The number of hydrogen-bond acceptors (Lipinski definition) is 5. The van der Waals surface area contributed by atoms with Gasteiger partial charge in [-0.1, -0.05) is 12.1 Å². The number of nitrogens with zero attached hydrogens (tertiary/aromatic N) is 1. The minimum atomic E-state index is -0.225. The maximum atomic E-state index is 12.3. The summed E-state index contributed by atoms with van der Waals surface area (Å²) in [6.45, 7) is 1.84. The van der Waals surface area contributed by atoms with Crippen LogP contribution in [0.2, 0.25) is 0 Å². The van der Waals surface area contributed by atoms with Crippen LogP contribution in [0.1, 0.15) is 26.5 Å². The number of aldehydes is 1. The molecule has 0 fully saturated rings.